The number of ether oxygens (including phenoxy) is 1. The molecular weight excluding hydrogens is 175 g/mol. The van der Waals surface area contributed by atoms with Crippen LogP contribution in [-0.2, 0) is 9.53 Å². The Morgan fingerprint density at radius 3 is 2.60 bits per heavy atom. The third kappa shape index (κ3) is 6.17. The minimum atomic E-state index is -0.468. The number of halogens is 2. The molecule has 0 bridgehead atoms. The van der Waals surface area contributed by atoms with E-state index in [1.54, 1.807) is 6.92 Å². The lowest BCUT2D eigenvalue weighted by molar-refractivity contribution is -0.143. The fourth-order valence-electron chi connectivity index (χ4n) is 0.460. The Morgan fingerprint density at radius 2 is 2.20 bits per heavy atom. The second-order valence-electron chi connectivity index (χ2n) is 1.73. The molecule has 0 radical (unpaired) electrons. The summed E-state index contributed by atoms with van der Waals surface area (Å²) >= 11 is 10.8. The summed E-state index contributed by atoms with van der Waals surface area (Å²) in [4.78, 5) is 10.1. The lowest BCUT2D eigenvalue weighted by Crippen LogP contribution is -2.04. The molecule has 0 atom stereocenters. The molecule has 0 unspecified atom stereocenters. The van der Waals surface area contributed by atoms with E-state index in [4.69, 9.17) is 23.2 Å². The normalized spacial score (nSPS) is 10.0. The van der Waals surface area contributed by atoms with E-state index in [2.05, 4.69) is 4.74 Å². The fraction of sp³-hybridized carbons (Fsp3) is 0.833. The number of carbonyl (C=O) groups excluding carboxylic acids is 1. The fourth-order valence-corrected chi connectivity index (χ4v) is 0.678. The highest BCUT2D eigenvalue weighted by atomic mass is 35.5. The first-order valence-electron chi connectivity index (χ1n) is 3.10. The molecule has 4 heteroatoms. The zero-order valence-corrected chi connectivity index (χ0v) is 7.28. The molecule has 10 heavy (non-hydrogen) atoms. The van der Waals surface area contributed by atoms with Crippen LogP contribution in [0.4, 0.5) is 0 Å². The largest absolute Gasteiger partial charge is 0.466 e. The standard InChI is InChI=1S/C6H10Cl2O2/c1-2-10-6(9)4-3-5(7)8/h5H,2-4H2,1H3. The van der Waals surface area contributed by atoms with Crippen LogP contribution in [0, 0.1) is 0 Å². The molecule has 0 N–H and O–H groups in total. The van der Waals surface area contributed by atoms with Gasteiger partial charge in [-0.1, -0.05) is 0 Å². The van der Waals surface area contributed by atoms with Gasteiger partial charge in [0.1, 0.15) is 4.84 Å². The van der Waals surface area contributed by atoms with Gasteiger partial charge in [-0.15, -0.1) is 23.2 Å². The van der Waals surface area contributed by atoms with Gasteiger partial charge in [-0.2, -0.15) is 0 Å². The summed E-state index contributed by atoms with van der Waals surface area (Å²) in [7, 11) is 0. The van der Waals surface area contributed by atoms with Crippen molar-refractivity contribution in [3.63, 3.8) is 0 Å². The maximum Gasteiger partial charge on any atom is 0.305 e. The number of hydrogen-bond donors (Lipinski definition) is 0. The predicted molar refractivity (Wildman–Crippen MR) is 41.4 cm³/mol. The van der Waals surface area contributed by atoms with Crippen molar-refractivity contribution in [2.24, 2.45) is 0 Å². The highest BCUT2D eigenvalue weighted by molar-refractivity contribution is 6.44. The van der Waals surface area contributed by atoms with Crippen LogP contribution in [0.1, 0.15) is 19.8 Å². The van der Waals surface area contributed by atoms with Gasteiger partial charge in [0.05, 0.1) is 6.61 Å². The molecule has 0 spiro atoms. The summed E-state index contributed by atoms with van der Waals surface area (Å²) in [6.45, 7) is 2.17. The molecule has 0 saturated carbocycles. The molecule has 60 valence electrons. The summed E-state index contributed by atoms with van der Waals surface area (Å²) in [6, 6.07) is 0. The molecule has 0 aromatic carbocycles. The molecule has 0 rings (SSSR count). The van der Waals surface area contributed by atoms with Crippen LogP contribution in [0.15, 0.2) is 0 Å². The van der Waals surface area contributed by atoms with Gasteiger partial charge in [-0.05, 0) is 13.3 Å². The van der Waals surface area contributed by atoms with Crippen LogP contribution in [0.25, 0.3) is 0 Å². The molecular formula is C6H10Cl2O2. The summed E-state index contributed by atoms with van der Waals surface area (Å²) in [5.74, 6) is -0.242. The molecule has 0 aliphatic heterocycles. The molecule has 0 aromatic heterocycles. The van der Waals surface area contributed by atoms with Gasteiger partial charge in [0, 0.05) is 6.42 Å². The highest BCUT2D eigenvalue weighted by Crippen LogP contribution is 2.09. The highest BCUT2D eigenvalue weighted by Gasteiger charge is 2.04. The van der Waals surface area contributed by atoms with Crippen molar-refractivity contribution in [2.45, 2.75) is 24.6 Å². The van der Waals surface area contributed by atoms with Gasteiger partial charge in [0.25, 0.3) is 0 Å². The van der Waals surface area contributed by atoms with Gasteiger partial charge in [-0.25, -0.2) is 0 Å². The van der Waals surface area contributed by atoms with E-state index in [1.165, 1.54) is 0 Å². The van der Waals surface area contributed by atoms with Crippen LogP contribution in [-0.4, -0.2) is 17.4 Å². The van der Waals surface area contributed by atoms with Crippen molar-refractivity contribution in [1.29, 1.82) is 0 Å². The number of hydrogen-bond acceptors (Lipinski definition) is 2. The first-order chi connectivity index (χ1) is 4.66. The Morgan fingerprint density at radius 1 is 1.60 bits per heavy atom. The minimum Gasteiger partial charge on any atom is -0.466 e. The summed E-state index contributed by atoms with van der Waals surface area (Å²) in [6.07, 6.45) is 0.757. The van der Waals surface area contributed by atoms with Crippen molar-refractivity contribution < 1.29 is 9.53 Å². The SMILES string of the molecule is CCOC(=O)CCC(Cl)Cl. The van der Waals surface area contributed by atoms with Gasteiger partial charge in [0.15, 0.2) is 0 Å². The maximum absolute atomic E-state index is 10.6. The van der Waals surface area contributed by atoms with Crippen molar-refractivity contribution in [1.82, 2.24) is 0 Å². The van der Waals surface area contributed by atoms with Crippen LogP contribution < -0.4 is 0 Å². The second kappa shape index (κ2) is 5.81. The quantitative estimate of drug-likeness (QED) is 0.495. The Bertz CT molecular complexity index is 104. The number of rotatable bonds is 4. The van der Waals surface area contributed by atoms with Crippen molar-refractivity contribution in [2.75, 3.05) is 6.61 Å². The number of carbonyl (C=O) groups is 1. The van der Waals surface area contributed by atoms with Gasteiger partial charge in [0.2, 0.25) is 0 Å². The molecule has 0 aliphatic carbocycles. The van der Waals surface area contributed by atoms with E-state index < -0.39 is 4.84 Å². The first-order valence-corrected chi connectivity index (χ1v) is 3.98. The average Bonchev–Trinajstić information content (AvgIpc) is 1.85. The van der Waals surface area contributed by atoms with E-state index in [0.717, 1.165) is 0 Å². The van der Waals surface area contributed by atoms with Crippen LogP contribution in [0.3, 0.4) is 0 Å². The molecule has 0 fully saturated rings. The summed E-state index contributed by atoms with van der Waals surface area (Å²) in [5, 5.41) is 0. The third-order valence-corrected chi connectivity index (χ3v) is 1.31. The van der Waals surface area contributed by atoms with Crippen LogP contribution in [0.5, 0.6) is 0 Å². The summed E-state index contributed by atoms with van der Waals surface area (Å²) in [5.41, 5.74) is 0. The van der Waals surface area contributed by atoms with E-state index in [9.17, 15) is 4.79 Å². The molecule has 0 amide bonds. The molecule has 2 nitrogen and oxygen atoms in total. The molecule has 0 saturated heterocycles. The number of alkyl halides is 2. The van der Waals surface area contributed by atoms with Crippen molar-refractivity contribution >= 4 is 29.2 Å². The zero-order chi connectivity index (χ0) is 7.98. The monoisotopic (exact) mass is 184 g/mol. The summed E-state index contributed by atoms with van der Waals surface area (Å²) < 4.78 is 4.64. The Balaban J connectivity index is 3.22. The second-order valence-corrected chi connectivity index (χ2v) is 3.01. The van der Waals surface area contributed by atoms with Gasteiger partial charge in [-0.3, -0.25) is 4.79 Å². The van der Waals surface area contributed by atoms with Gasteiger partial charge < -0.3 is 4.74 Å². The Kier molecular flexibility index (Phi) is 5.84. The van der Waals surface area contributed by atoms with E-state index >= 15 is 0 Å². The minimum absolute atomic E-state index is 0.242. The van der Waals surface area contributed by atoms with E-state index in [0.29, 0.717) is 19.4 Å². The van der Waals surface area contributed by atoms with Crippen molar-refractivity contribution in [3.05, 3.63) is 0 Å². The Hall–Kier alpha value is 0.0500. The van der Waals surface area contributed by atoms with Gasteiger partial charge >= 0.3 is 5.97 Å². The lowest BCUT2D eigenvalue weighted by Gasteiger charge is -2.00. The average molecular weight is 185 g/mol. The Labute approximate surface area is 70.4 Å². The third-order valence-electron chi connectivity index (χ3n) is 0.872. The number of esters is 1. The first kappa shape index (κ1) is 10.0. The zero-order valence-electron chi connectivity index (χ0n) is 5.77. The van der Waals surface area contributed by atoms with E-state index in [1.807, 2.05) is 0 Å². The lowest BCUT2D eigenvalue weighted by atomic mass is 10.3. The van der Waals surface area contributed by atoms with Crippen LogP contribution in [0.2, 0.25) is 0 Å². The van der Waals surface area contributed by atoms with E-state index in [-0.39, 0.29) is 5.97 Å². The molecule has 0 aromatic rings. The maximum atomic E-state index is 10.6. The molecule has 0 heterocycles. The topological polar surface area (TPSA) is 26.3 Å². The van der Waals surface area contributed by atoms with Crippen LogP contribution >= 0.6 is 23.2 Å². The molecule has 0 aliphatic rings. The smallest absolute Gasteiger partial charge is 0.305 e. The van der Waals surface area contributed by atoms with Crippen molar-refractivity contribution in [3.8, 4) is 0 Å². The predicted octanol–water partition coefficient (Wildman–Crippen LogP) is 2.13.